The summed E-state index contributed by atoms with van der Waals surface area (Å²) in [5, 5.41) is 9.34. The van der Waals surface area contributed by atoms with Crippen LogP contribution in [-0.4, -0.2) is 59.4 Å². The van der Waals surface area contributed by atoms with Crippen LogP contribution in [-0.2, 0) is 4.89 Å². The van der Waals surface area contributed by atoms with Crippen LogP contribution < -0.4 is 15.5 Å². The van der Waals surface area contributed by atoms with Crippen molar-refractivity contribution in [1.82, 2.24) is 20.1 Å². The van der Waals surface area contributed by atoms with E-state index in [1.54, 1.807) is 0 Å². The van der Waals surface area contributed by atoms with E-state index in [-0.39, 0.29) is 0 Å². The van der Waals surface area contributed by atoms with Gasteiger partial charge in [0.05, 0.1) is 0 Å². The molecule has 1 aliphatic rings. The van der Waals surface area contributed by atoms with E-state index in [1.165, 1.54) is 0 Å². The number of anilines is 2. The molecule has 2 heterocycles. The van der Waals surface area contributed by atoms with Crippen LogP contribution in [0.25, 0.3) is 10.8 Å². The van der Waals surface area contributed by atoms with Crippen LogP contribution in [0.1, 0.15) is 0 Å². The topological polar surface area (TPSA) is 92.5 Å². The zero-order chi connectivity index (χ0) is 18.6. The Morgan fingerprint density at radius 3 is 2.59 bits per heavy atom. The van der Waals surface area contributed by atoms with Gasteiger partial charge in [0.25, 0.3) is 0 Å². The Bertz CT molecular complexity index is 910. The quantitative estimate of drug-likeness (QED) is 0.380. The zero-order valence-corrected chi connectivity index (χ0v) is 15.5. The smallest absolute Gasteiger partial charge is 0.246 e. The molecular formula is C18H21ClN6O2. The van der Waals surface area contributed by atoms with Crippen molar-refractivity contribution in [3.05, 3.63) is 41.4 Å². The molecule has 1 aliphatic heterocycles. The minimum absolute atomic E-state index is 0.340. The van der Waals surface area contributed by atoms with Crippen molar-refractivity contribution < 1.29 is 9.78 Å². The first-order valence-corrected chi connectivity index (χ1v) is 9.20. The Kier molecular flexibility index (Phi) is 5.28. The van der Waals surface area contributed by atoms with Gasteiger partial charge in [-0.2, -0.15) is 9.87 Å². The molecule has 0 spiro atoms. The Hall–Kier alpha value is -2.55. The largest absolute Gasteiger partial charge is 0.368 e. The number of piperazine rings is 1. The molecule has 27 heavy (non-hydrogen) atoms. The third-order valence-corrected chi connectivity index (χ3v) is 4.95. The average molecular weight is 389 g/mol. The van der Waals surface area contributed by atoms with E-state index in [9.17, 15) is 0 Å². The molecule has 0 aliphatic carbocycles. The standard InChI is InChI=1S/C18H21ClN6O2/c19-15-5-6-16(14-4-2-1-3-13(14)15)27-26-12-11-24-7-9-25(10-8-24)18-21-17(20)22-23-18/h1-6H,7-12H2,(H3,20,21,22,23). The Morgan fingerprint density at radius 2 is 1.85 bits per heavy atom. The van der Waals surface area contributed by atoms with Crippen LogP contribution in [0.15, 0.2) is 36.4 Å². The molecule has 1 aromatic heterocycles. The van der Waals surface area contributed by atoms with Crippen molar-refractivity contribution in [2.75, 3.05) is 50.0 Å². The van der Waals surface area contributed by atoms with E-state index in [0.29, 0.717) is 29.3 Å². The molecule has 0 unspecified atom stereocenters. The Balaban J connectivity index is 1.24. The molecule has 2 aromatic carbocycles. The van der Waals surface area contributed by atoms with Gasteiger partial charge in [0.1, 0.15) is 6.61 Å². The summed E-state index contributed by atoms with van der Waals surface area (Å²) >= 11 is 6.22. The number of fused-ring (bicyclic) bond motifs is 1. The maximum atomic E-state index is 6.22. The molecule has 1 saturated heterocycles. The summed E-state index contributed by atoms with van der Waals surface area (Å²) in [7, 11) is 0. The number of nitrogens with zero attached hydrogens (tertiary/aromatic N) is 4. The van der Waals surface area contributed by atoms with Crippen LogP contribution in [0.3, 0.4) is 0 Å². The second kappa shape index (κ2) is 7.99. The lowest BCUT2D eigenvalue weighted by Crippen LogP contribution is -2.47. The van der Waals surface area contributed by atoms with Gasteiger partial charge in [-0.15, -0.1) is 5.10 Å². The number of H-pyrrole nitrogens is 1. The third kappa shape index (κ3) is 4.08. The van der Waals surface area contributed by atoms with E-state index in [1.807, 2.05) is 36.4 Å². The lowest BCUT2D eigenvalue weighted by Gasteiger charge is -2.33. The zero-order valence-electron chi connectivity index (χ0n) is 14.8. The summed E-state index contributed by atoms with van der Waals surface area (Å²) in [6.07, 6.45) is 0. The molecule has 3 aromatic rings. The molecule has 1 fully saturated rings. The summed E-state index contributed by atoms with van der Waals surface area (Å²) in [4.78, 5) is 19.6. The summed E-state index contributed by atoms with van der Waals surface area (Å²) in [6, 6.07) is 11.5. The van der Waals surface area contributed by atoms with Crippen LogP contribution in [0.2, 0.25) is 5.02 Å². The highest BCUT2D eigenvalue weighted by atomic mass is 35.5. The van der Waals surface area contributed by atoms with Gasteiger partial charge in [0.15, 0.2) is 5.75 Å². The number of nitrogen functional groups attached to an aromatic ring is 1. The predicted molar refractivity (Wildman–Crippen MR) is 105 cm³/mol. The second-order valence-corrected chi connectivity index (χ2v) is 6.75. The van der Waals surface area contributed by atoms with Gasteiger partial charge in [0, 0.05) is 48.5 Å². The highest BCUT2D eigenvalue weighted by molar-refractivity contribution is 6.35. The maximum absolute atomic E-state index is 6.22. The number of aromatic amines is 1. The molecule has 0 atom stereocenters. The van der Waals surface area contributed by atoms with Crippen molar-refractivity contribution in [2.24, 2.45) is 0 Å². The molecule has 4 rings (SSSR count). The first-order valence-electron chi connectivity index (χ1n) is 8.82. The van der Waals surface area contributed by atoms with Gasteiger partial charge in [-0.05, 0) is 12.1 Å². The summed E-state index contributed by atoms with van der Waals surface area (Å²) < 4.78 is 0. The van der Waals surface area contributed by atoms with Crippen molar-refractivity contribution in [2.45, 2.75) is 0 Å². The number of hydrogen-bond acceptors (Lipinski definition) is 7. The number of benzene rings is 2. The Labute approximate surface area is 161 Å². The highest BCUT2D eigenvalue weighted by Gasteiger charge is 2.19. The van der Waals surface area contributed by atoms with Gasteiger partial charge >= 0.3 is 0 Å². The van der Waals surface area contributed by atoms with E-state index in [4.69, 9.17) is 27.1 Å². The number of halogens is 1. The first-order chi connectivity index (χ1) is 13.2. The SMILES string of the molecule is Nc1nc(N2CCN(CCOOc3ccc(Cl)c4ccccc34)CC2)n[nH]1. The first kappa shape index (κ1) is 17.8. The Morgan fingerprint density at radius 1 is 1.07 bits per heavy atom. The molecular weight excluding hydrogens is 368 g/mol. The van der Waals surface area contributed by atoms with Crippen LogP contribution >= 0.6 is 11.6 Å². The van der Waals surface area contributed by atoms with Gasteiger partial charge in [-0.1, -0.05) is 35.9 Å². The summed E-state index contributed by atoms with van der Waals surface area (Å²) in [5.41, 5.74) is 5.58. The molecule has 0 saturated carbocycles. The van der Waals surface area contributed by atoms with E-state index in [2.05, 4.69) is 25.0 Å². The third-order valence-electron chi connectivity index (χ3n) is 4.62. The van der Waals surface area contributed by atoms with Crippen LogP contribution in [0.5, 0.6) is 5.75 Å². The molecule has 9 heteroatoms. The second-order valence-electron chi connectivity index (χ2n) is 6.35. The lowest BCUT2D eigenvalue weighted by atomic mass is 10.1. The lowest BCUT2D eigenvalue weighted by molar-refractivity contribution is -0.207. The minimum Gasteiger partial charge on any atom is -0.368 e. The highest BCUT2D eigenvalue weighted by Crippen LogP contribution is 2.31. The van der Waals surface area contributed by atoms with Gasteiger partial charge in [-0.25, -0.2) is 5.10 Å². The van der Waals surface area contributed by atoms with Crippen molar-refractivity contribution in [3.63, 3.8) is 0 Å². The van der Waals surface area contributed by atoms with Gasteiger partial charge in [0.2, 0.25) is 11.9 Å². The fourth-order valence-corrected chi connectivity index (χ4v) is 3.38. The number of hydrogen-bond donors (Lipinski definition) is 2. The molecule has 0 bridgehead atoms. The fourth-order valence-electron chi connectivity index (χ4n) is 3.16. The average Bonchev–Trinajstić information content (AvgIpc) is 3.14. The van der Waals surface area contributed by atoms with Crippen LogP contribution in [0, 0.1) is 0 Å². The minimum atomic E-state index is 0.340. The van der Waals surface area contributed by atoms with Crippen LogP contribution in [0.4, 0.5) is 11.9 Å². The molecule has 0 radical (unpaired) electrons. The molecule has 142 valence electrons. The maximum Gasteiger partial charge on any atom is 0.246 e. The monoisotopic (exact) mass is 388 g/mol. The van der Waals surface area contributed by atoms with E-state index in [0.717, 1.165) is 43.5 Å². The number of nitrogens with two attached hydrogens (primary N) is 1. The van der Waals surface area contributed by atoms with Crippen molar-refractivity contribution in [1.29, 1.82) is 0 Å². The van der Waals surface area contributed by atoms with Crippen molar-refractivity contribution in [3.8, 4) is 5.75 Å². The number of rotatable bonds is 6. The molecule has 3 N–H and O–H groups in total. The molecule has 0 amide bonds. The number of aromatic nitrogens is 3. The predicted octanol–water partition coefficient (Wildman–Crippen LogP) is 2.33. The van der Waals surface area contributed by atoms with Gasteiger partial charge < -0.3 is 15.5 Å². The van der Waals surface area contributed by atoms with Crippen molar-refractivity contribution >= 4 is 34.3 Å². The summed E-state index contributed by atoms with van der Waals surface area (Å²) in [6.45, 7) is 4.77. The van der Waals surface area contributed by atoms with E-state index < -0.39 is 0 Å². The normalized spacial score (nSPS) is 15.4. The number of nitrogens with one attached hydrogen (secondary N) is 1. The van der Waals surface area contributed by atoms with E-state index >= 15 is 0 Å². The fraction of sp³-hybridized carbons (Fsp3) is 0.333. The molecule has 8 nitrogen and oxygen atoms in total. The summed E-state index contributed by atoms with van der Waals surface area (Å²) in [5.74, 6) is 1.66. The van der Waals surface area contributed by atoms with Gasteiger partial charge in [-0.3, -0.25) is 4.90 Å².